The maximum atomic E-state index is 11.7. The highest BCUT2D eigenvalue weighted by atomic mass is 35.5. The number of halogens is 1. The van der Waals surface area contributed by atoms with E-state index in [1.54, 1.807) is 7.11 Å². The van der Waals surface area contributed by atoms with Gasteiger partial charge in [-0.15, -0.1) is 11.6 Å². The summed E-state index contributed by atoms with van der Waals surface area (Å²) in [4.78, 5) is 11.7. The second-order valence-electron chi connectivity index (χ2n) is 3.73. The highest BCUT2D eigenvalue weighted by Gasteiger charge is 2.19. The average molecular weight is 225 g/mol. The first-order valence-electron chi connectivity index (χ1n) is 5.05. The number of ether oxygens (including phenoxy) is 1. The molecule has 1 aromatic rings. The van der Waals surface area contributed by atoms with Crippen LogP contribution in [-0.2, 0) is 12.3 Å². The fraction of sp³-hybridized carbons (Fsp3) is 0.417. The number of carbonyl (C=O) groups is 1. The molecule has 0 heterocycles. The Hall–Kier alpha value is -1.02. The van der Waals surface area contributed by atoms with Crippen LogP contribution in [0.5, 0.6) is 5.75 Å². The molecule has 1 aliphatic rings. The number of hydrogen-bond donors (Lipinski definition) is 0. The maximum absolute atomic E-state index is 11.7. The monoisotopic (exact) mass is 224 g/mol. The van der Waals surface area contributed by atoms with Gasteiger partial charge in [-0.3, -0.25) is 4.79 Å². The van der Waals surface area contributed by atoms with Crippen molar-refractivity contribution in [2.75, 3.05) is 7.11 Å². The van der Waals surface area contributed by atoms with Crippen LogP contribution < -0.4 is 4.74 Å². The number of fused-ring (bicyclic) bond motifs is 1. The Kier molecular flexibility index (Phi) is 2.96. The lowest BCUT2D eigenvalue weighted by Gasteiger charge is -2.17. The fourth-order valence-electron chi connectivity index (χ4n) is 2.00. The summed E-state index contributed by atoms with van der Waals surface area (Å²) in [7, 11) is 1.63. The number of rotatable bonds is 2. The van der Waals surface area contributed by atoms with E-state index in [-0.39, 0.29) is 5.78 Å². The maximum Gasteiger partial charge on any atom is 0.163 e. The van der Waals surface area contributed by atoms with E-state index in [9.17, 15) is 4.79 Å². The molecule has 0 spiro atoms. The van der Waals surface area contributed by atoms with Gasteiger partial charge in [0.1, 0.15) is 5.75 Å². The molecule has 0 radical (unpaired) electrons. The van der Waals surface area contributed by atoms with E-state index in [4.69, 9.17) is 16.3 Å². The predicted octanol–water partition coefficient (Wildman–Crippen LogP) is 2.95. The minimum Gasteiger partial charge on any atom is -0.496 e. The molecule has 0 bridgehead atoms. The van der Waals surface area contributed by atoms with Crippen LogP contribution in [0.2, 0.25) is 0 Å². The lowest BCUT2D eigenvalue weighted by Crippen LogP contribution is -2.11. The third kappa shape index (κ3) is 1.86. The standard InChI is InChI=1S/C12H13ClO2/c1-15-12-6-8-3-2-4-11(14)10(8)5-9(12)7-13/h5-6H,2-4,7H2,1H3. The molecule has 80 valence electrons. The van der Waals surface area contributed by atoms with Crippen LogP contribution in [0.25, 0.3) is 0 Å². The number of methoxy groups -OCH3 is 1. The van der Waals surface area contributed by atoms with Crippen molar-refractivity contribution in [2.24, 2.45) is 0 Å². The molecule has 15 heavy (non-hydrogen) atoms. The molecule has 0 saturated heterocycles. The van der Waals surface area contributed by atoms with Gasteiger partial charge in [-0.2, -0.15) is 0 Å². The molecular weight excluding hydrogens is 212 g/mol. The largest absolute Gasteiger partial charge is 0.496 e. The first-order chi connectivity index (χ1) is 7.26. The smallest absolute Gasteiger partial charge is 0.163 e. The summed E-state index contributed by atoms with van der Waals surface area (Å²) in [5, 5.41) is 0. The fourth-order valence-corrected chi connectivity index (χ4v) is 2.21. The van der Waals surface area contributed by atoms with Crippen LogP contribution in [0.4, 0.5) is 0 Å². The second-order valence-corrected chi connectivity index (χ2v) is 4.00. The molecule has 1 aliphatic carbocycles. The van der Waals surface area contributed by atoms with Gasteiger partial charge in [-0.25, -0.2) is 0 Å². The Labute approximate surface area is 94.2 Å². The number of ketones is 1. The van der Waals surface area contributed by atoms with Gasteiger partial charge in [0.15, 0.2) is 5.78 Å². The van der Waals surface area contributed by atoms with Crippen molar-refractivity contribution in [3.63, 3.8) is 0 Å². The number of alkyl halides is 1. The summed E-state index contributed by atoms with van der Waals surface area (Å²) in [6, 6.07) is 3.83. The van der Waals surface area contributed by atoms with E-state index in [1.807, 2.05) is 12.1 Å². The van der Waals surface area contributed by atoms with Crippen molar-refractivity contribution in [3.05, 3.63) is 28.8 Å². The van der Waals surface area contributed by atoms with Crippen LogP contribution in [0, 0.1) is 0 Å². The average Bonchev–Trinajstić information content (AvgIpc) is 2.28. The van der Waals surface area contributed by atoms with Crippen molar-refractivity contribution in [1.29, 1.82) is 0 Å². The highest BCUT2D eigenvalue weighted by molar-refractivity contribution is 6.17. The normalized spacial score (nSPS) is 14.9. The van der Waals surface area contributed by atoms with Gasteiger partial charge in [0.25, 0.3) is 0 Å². The number of aryl methyl sites for hydroxylation is 1. The lowest BCUT2D eigenvalue weighted by molar-refractivity contribution is 0.0972. The molecule has 0 atom stereocenters. The van der Waals surface area contributed by atoms with Gasteiger partial charge in [-0.1, -0.05) is 0 Å². The van der Waals surface area contributed by atoms with E-state index in [0.717, 1.165) is 35.3 Å². The topological polar surface area (TPSA) is 26.3 Å². The van der Waals surface area contributed by atoms with E-state index >= 15 is 0 Å². The molecule has 2 rings (SSSR count). The summed E-state index contributed by atoms with van der Waals surface area (Å²) < 4.78 is 5.24. The minimum absolute atomic E-state index is 0.227. The van der Waals surface area contributed by atoms with Crippen molar-refractivity contribution in [3.8, 4) is 5.75 Å². The molecule has 3 heteroatoms. The molecular formula is C12H13ClO2. The van der Waals surface area contributed by atoms with Crippen LogP contribution >= 0.6 is 11.6 Å². The quantitative estimate of drug-likeness (QED) is 0.722. The van der Waals surface area contributed by atoms with Crippen molar-refractivity contribution >= 4 is 17.4 Å². The predicted molar refractivity (Wildman–Crippen MR) is 59.8 cm³/mol. The molecule has 0 amide bonds. The number of benzene rings is 1. The summed E-state index contributed by atoms with van der Waals surface area (Å²) in [5.74, 6) is 1.40. The van der Waals surface area contributed by atoms with Gasteiger partial charge >= 0.3 is 0 Å². The highest BCUT2D eigenvalue weighted by Crippen LogP contribution is 2.29. The van der Waals surface area contributed by atoms with Crippen LogP contribution in [-0.4, -0.2) is 12.9 Å². The summed E-state index contributed by atoms with van der Waals surface area (Å²) >= 11 is 5.81. The SMILES string of the molecule is COc1cc2c(cc1CCl)C(=O)CCC2. The van der Waals surface area contributed by atoms with Crippen LogP contribution in [0.3, 0.4) is 0 Å². The number of carbonyl (C=O) groups excluding carboxylic acids is 1. The Morgan fingerprint density at radius 1 is 1.40 bits per heavy atom. The molecule has 1 aromatic carbocycles. The first kappa shape index (κ1) is 10.5. The zero-order valence-corrected chi connectivity index (χ0v) is 9.43. The Balaban J connectivity index is 2.53. The molecule has 0 unspecified atom stereocenters. The number of hydrogen-bond acceptors (Lipinski definition) is 2. The Morgan fingerprint density at radius 3 is 2.87 bits per heavy atom. The van der Waals surface area contributed by atoms with Crippen LogP contribution in [0.15, 0.2) is 12.1 Å². The molecule has 0 N–H and O–H groups in total. The molecule has 0 aliphatic heterocycles. The summed E-state index contributed by atoms with van der Waals surface area (Å²) in [6.07, 6.45) is 2.55. The third-order valence-corrected chi connectivity index (χ3v) is 3.09. The minimum atomic E-state index is 0.227. The van der Waals surface area contributed by atoms with Gasteiger partial charge in [0.05, 0.1) is 13.0 Å². The van der Waals surface area contributed by atoms with E-state index in [1.165, 1.54) is 0 Å². The first-order valence-corrected chi connectivity index (χ1v) is 5.58. The summed E-state index contributed by atoms with van der Waals surface area (Å²) in [5.41, 5.74) is 2.82. The Morgan fingerprint density at radius 2 is 2.20 bits per heavy atom. The molecule has 2 nitrogen and oxygen atoms in total. The van der Waals surface area contributed by atoms with Gasteiger partial charge in [-0.05, 0) is 30.5 Å². The molecule has 0 fully saturated rings. The second kappa shape index (κ2) is 4.23. The van der Waals surface area contributed by atoms with Crippen LogP contribution in [0.1, 0.15) is 34.3 Å². The molecule has 0 saturated carbocycles. The Bertz CT molecular complexity index is 399. The summed E-state index contributed by atoms with van der Waals surface area (Å²) in [6.45, 7) is 0. The number of Topliss-reactive ketones (excluding diaryl/α,β-unsaturated/α-hetero) is 1. The zero-order chi connectivity index (χ0) is 10.8. The van der Waals surface area contributed by atoms with E-state index in [2.05, 4.69) is 0 Å². The van der Waals surface area contributed by atoms with Gasteiger partial charge in [0, 0.05) is 17.5 Å². The van der Waals surface area contributed by atoms with Crippen molar-refractivity contribution < 1.29 is 9.53 Å². The van der Waals surface area contributed by atoms with Gasteiger partial charge < -0.3 is 4.74 Å². The third-order valence-electron chi connectivity index (χ3n) is 2.80. The van der Waals surface area contributed by atoms with Crippen molar-refractivity contribution in [2.45, 2.75) is 25.1 Å². The van der Waals surface area contributed by atoms with Gasteiger partial charge in [0.2, 0.25) is 0 Å². The molecule has 0 aromatic heterocycles. The van der Waals surface area contributed by atoms with E-state index < -0.39 is 0 Å². The van der Waals surface area contributed by atoms with E-state index in [0.29, 0.717) is 12.3 Å². The lowest BCUT2D eigenvalue weighted by atomic mass is 9.89. The van der Waals surface area contributed by atoms with Crippen molar-refractivity contribution in [1.82, 2.24) is 0 Å². The zero-order valence-electron chi connectivity index (χ0n) is 8.68.